The number of methoxy groups -OCH3 is 1. The van der Waals surface area contributed by atoms with Crippen LogP contribution in [0.1, 0.15) is 11.1 Å². The lowest BCUT2D eigenvalue weighted by molar-refractivity contribution is 0.199. The number of rotatable bonds is 7. The summed E-state index contributed by atoms with van der Waals surface area (Å²) in [5.74, 6) is -0.197. The lowest BCUT2D eigenvalue weighted by Gasteiger charge is -2.03. The fourth-order valence-electron chi connectivity index (χ4n) is 1.79. The van der Waals surface area contributed by atoms with E-state index in [9.17, 15) is 4.39 Å². The Hall–Kier alpha value is -1.72. The summed E-state index contributed by atoms with van der Waals surface area (Å²) in [4.78, 5) is 0. The predicted octanol–water partition coefficient (Wildman–Crippen LogP) is 1.81. The minimum atomic E-state index is -0.197. The van der Waals surface area contributed by atoms with Crippen LogP contribution in [0.2, 0.25) is 0 Å². The van der Waals surface area contributed by atoms with Gasteiger partial charge in [-0.25, -0.2) is 4.39 Å². The van der Waals surface area contributed by atoms with Gasteiger partial charge in [-0.1, -0.05) is 18.2 Å². The standard InChI is InChI=1S/C14H18FN3O/c1-19-7-6-16-8-12-9-17-18(10-12)11-13-4-2-3-5-14(13)15/h2-5,9-10,16H,6-8,11H2,1H3. The van der Waals surface area contributed by atoms with Crippen LogP contribution < -0.4 is 5.32 Å². The second-order valence-electron chi connectivity index (χ2n) is 4.31. The molecular weight excluding hydrogens is 245 g/mol. The first-order valence-electron chi connectivity index (χ1n) is 6.24. The third kappa shape index (κ3) is 4.15. The Morgan fingerprint density at radius 1 is 1.37 bits per heavy atom. The van der Waals surface area contributed by atoms with Gasteiger partial charge < -0.3 is 10.1 Å². The Kier molecular flexibility index (Phi) is 5.06. The Labute approximate surface area is 112 Å². The van der Waals surface area contributed by atoms with Crippen molar-refractivity contribution >= 4 is 0 Å². The molecule has 0 aliphatic carbocycles. The number of benzene rings is 1. The molecule has 19 heavy (non-hydrogen) atoms. The number of aromatic nitrogens is 2. The Bertz CT molecular complexity index is 513. The van der Waals surface area contributed by atoms with E-state index in [1.165, 1.54) is 6.07 Å². The van der Waals surface area contributed by atoms with Crippen LogP contribution in [-0.2, 0) is 17.8 Å². The zero-order valence-electron chi connectivity index (χ0n) is 11.0. The lowest BCUT2D eigenvalue weighted by atomic mass is 10.2. The van der Waals surface area contributed by atoms with Gasteiger partial charge >= 0.3 is 0 Å². The summed E-state index contributed by atoms with van der Waals surface area (Å²) in [5, 5.41) is 7.47. The molecule has 0 spiro atoms. The van der Waals surface area contributed by atoms with E-state index in [0.29, 0.717) is 18.7 Å². The SMILES string of the molecule is COCCNCc1cnn(Cc2ccccc2F)c1. The molecule has 102 valence electrons. The minimum Gasteiger partial charge on any atom is -0.383 e. The number of halogens is 1. The highest BCUT2D eigenvalue weighted by Gasteiger charge is 2.03. The van der Waals surface area contributed by atoms with Gasteiger partial charge in [-0.05, 0) is 6.07 Å². The summed E-state index contributed by atoms with van der Waals surface area (Å²) in [6.45, 7) is 2.67. The van der Waals surface area contributed by atoms with Gasteiger partial charge in [-0.15, -0.1) is 0 Å². The van der Waals surface area contributed by atoms with Gasteiger partial charge in [0.1, 0.15) is 5.82 Å². The second-order valence-corrected chi connectivity index (χ2v) is 4.31. The van der Waals surface area contributed by atoms with Crippen molar-refractivity contribution in [3.8, 4) is 0 Å². The molecule has 5 heteroatoms. The van der Waals surface area contributed by atoms with Crippen molar-refractivity contribution in [1.82, 2.24) is 15.1 Å². The van der Waals surface area contributed by atoms with E-state index >= 15 is 0 Å². The lowest BCUT2D eigenvalue weighted by Crippen LogP contribution is -2.18. The van der Waals surface area contributed by atoms with Crippen LogP contribution in [0, 0.1) is 5.82 Å². The maximum Gasteiger partial charge on any atom is 0.128 e. The molecule has 1 aromatic carbocycles. The first-order valence-corrected chi connectivity index (χ1v) is 6.24. The average molecular weight is 263 g/mol. The van der Waals surface area contributed by atoms with Crippen LogP contribution in [-0.4, -0.2) is 30.0 Å². The first-order chi connectivity index (χ1) is 9.29. The normalized spacial score (nSPS) is 10.8. The van der Waals surface area contributed by atoms with Crippen molar-refractivity contribution in [1.29, 1.82) is 0 Å². The Morgan fingerprint density at radius 2 is 2.21 bits per heavy atom. The van der Waals surface area contributed by atoms with Gasteiger partial charge in [0, 0.05) is 37.5 Å². The molecule has 2 rings (SSSR count). The average Bonchev–Trinajstić information content (AvgIpc) is 2.85. The fourth-order valence-corrected chi connectivity index (χ4v) is 1.79. The third-order valence-corrected chi connectivity index (χ3v) is 2.79. The molecule has 0 aliphatic rings. The van der Waals surface area contributed by atoms with Crippen molar-refractivity contribution in [3.05, 3.63) is 53.6 Å². The summed E-state index contributed by atoms with van der Waals surface area (Å²) in [6, 6.07) is 6.75. The first kappa shape index (κ1) is 13.7. The molecule has 0 atom stereocenters. The number of hydrogen-bond donors (Lipinski definition) is 1. The van der Waals surface area contributed by atoms with Crippen LogP contribution in [0.25, 0.3) is 0 Å². The predicted molar refractivity (Wildman–Crippen MR) is 71.3 cm³/mol. The van der Waals surface area contributed by atoms with Crippen molar-refractivity contribution in [3.63, 3.8) is 0 Å². The molecule has 0 amide bonds. The van der Waals surface area contributed by atoms with E-state index < -0.39 is 0 Å². The zero-order valence-corrected chi connectivity index (χ0v) is 11.0. The molecule has 4 nitrogen and oxygen atoms in total. The van der Waals surface area contributed by atoms with Crippen molar-refractivity contribution in [2.75, 3.05) is 20.3 Å². The fraction of sp³-hybridized carbons (Fsp3) is 0.357. The van der Waals surface area contributed by atoms with Crippen molar-refractivity contribution < 1.29 is 9.13 Å². The molecule has 0 saturated heterocycles. The molecular formula is C14H18FN3O. The molecule has 1 N–H and O–H groups in total. The van der Waals surface area contributed by atoms with E-state index in [-0.39, 0.29) is 5.82 Å². The van der Waals surface area contributed by atoms with Crippen LogP contribution in [0.4, 0.5) is 4.39 Å². The summed E-state index contributed by atoms with van der Waals surface area (Å²) < 4.78 is 20.2. The number of hydrogen-bond acceptors (Lipinski definition) is 3. The summed E-state index contributed by atoms with van der Waals surface area (Å²) in [5.41, 5.74) is 1.72. The molecule has 0 aliphatic heterocycles. The Morgan fingerprint density at radius 3 is 3.00 bits per heavy atom. The second kappa shape index (κ2) is 7.01. The minimum absolute atomic E-state index is 0.197. The van der Waals surface area contributed by atoms with E-state index in [1.54, 1.807) is 30.1 Å². The molecule has 0 fully saturated rings. The van der Waals surface area contributed by atoms with Gasteiger partial charge in [0.15, 0.2) is 0 Å². The van der Waals surface area contributed by atoms with Crippen molar-refractivity contribution in [2.24, 2.45) is 0 Å². The summed E-state index contributed by atoms with van der Waals surface area (Å²) >= 11 is 0. The van der Waals surface area contributed by atoms with Gasteiger partial charge in [0.25, 0.3) is 0 Å². The van der Waals surface area contributed by atoms with Crippen molar-refractivity contribution in [2.45, 2.75) is 13.1 Å². The molecule has 0 saturated carbocycles. The maximum atomic E-state index is 13.5. The van der Waals surface area contributed by atoms with Gasteiger partial charge in [0.05, 0.1) is 19.3 Å². The molecule has 0 radical (unpaired) electrons. The monoisotopic (exact) mass is 263 g/mol. The highest BCUT2D eigenvalue weighted by Crippen LogP contribution is 2.08. The van der Waals surface area contributed by atoms with Gasteiger partial charge in [0.2, 0.25) is 0 Å². The topological polar surface area (TPSA) is 39.1 Å². The van der Waals surface area contributed by atoms with Gasteiger partial charge in [-0.2, -0.15) is 5.10 Å². The molecule has 0 bridgehead atoms. The summed E-state index contributed by atoms with van der Waals surface area (Å²) in [7, 11) is 1.67. The highest BCUT2D eigenvalue weighted by atomic mass is 19.1. The van der Waals surface area contributed by atoms with E-state index in [4.69, 9.17) is 4.74 Å². The molecule has 1 aromatic heterocycles. The number of nitrogens with zero attached hydrogens (tertiary/aromatic N) is 2. The van der Waals surface area contributed by atoms with Crippen LogP contribution in [0.15, 0.2) is 36.7 Å². The van der Waals surface area contributed by atoms with Crippen LogP contribution in [0.3, 0.4) is 0 Å². The summed E-state index contributed by atoms with van der Waals surface area (Å²) in [6.07, 6.45) is 3.72. The van der Waals surface area contributed by atoms with E-state index in [0.717, 1.165) is 18.7 Å². The van der Waals surface area contributed by atoms with Gasteiger partial charge in [-0.3, -0.25) is 4.68 Å². The number of ether oxygens (including phenoxy) is 1. The van der Waals surface area contributed by atoms with Crippen LogP contribution in [0.5, 0.6) is 0 Å². The molecule has 0 unspecified atom stereocenters. The number of nitrogens with one attached hydrogen (secondary N) is 1. The largest absolute Gasteiger partial charge is 0.383 e. The third-order valence-electron chi connectivity index (χ3n) is 2.79. The molecule has 2 aromatic rings. The highest BCUT2D eigenvalue weighted by molar-refractivity contribution is 5.18. The smallest absolute Gasteiger partial charge is 0.128 e. The molecule has 1 heterocycles. The maximum absolute atomic E-state index is 13.5. The van der Waals surface area contributed by atoms with Crippen LogP contribution >= 0.6 is 0 Å². The van der Waals surface area contributed by atoms with E-state index in [1.807, 2.05) is 12.3 Å². The Balaban J connectivity index is 1.89. The zero-order chi connectivity index (χ0) is 13.5. The van der Waals surface area contributed by atoms with E-state index in [2.05, 4.69) is 10.4 Å². The quantitative estimate of drug-likeness (QED) is 0.774.